The smallest absolute Gasteiger partial charge is 0.255 e. The lowest BCUT2D eigenvalue weighted by Crippen LogP contribution is -2.13. The Hall–Kier alpha value is -4.38. The van der Waals surface area contributed by atoms with Crippen molar-refractivity contribution in [1.29, 1.82) is 0 Å². The third-order valence-corrected chi connectivity index (χ3v) is 5.79. The van der Waals surface area contributed by atoms with Crippen molar-refractivity contribution in [2.24, 2.45) is 5.73 Å². The van der Waals surface area contributed by atoms with E-state index in [4.69, 9.17) is 10.5 Å². The molecule has 4 aromatic rings. The number of ether oxygens (including phenoxy) is 1. The molecule has 4 aromatic carbocycles. The average molecular weight is 434 g/mol. The first-order valence-corrected chi connectivity index (χ1v) is 10.7. The minimum atomic E-state index is -0.545. The van der Waals surface area contributed by atoms with Crippen molar-refractivity contribution < 1.29 is 14.3 Å². The zero-order valence-corrected chi connectivity index (χ0v) is 17.9. The van der Waals surface area contributed by atoms with Crippen LogP contribution in [0.25, 0.3) is 11.1 Å². The number of hydrogen-bond acceptors (Lipinski definition) is 3. The van der Waals surface area contributed by atoms with Crippen LogP contribution in [0.3, 0.4) is 0 Å². The van der Waals surface area contributed by atoms with Crippen LogP contribution in [0.2, 0.25) is 0 Å². The molecule has 0 heterocycles. The number of nitrogens with one attached hydrogen (secondary N) is 1. The zero-order valence-electron chi connectivity index (χ0n) is 17.9. The van der Waals surface area contributed by atoms with E-state index in [1.165, 1.54) is 22.3 Å². The van der Waals surface area contributed by atoms with E-state index in [1.54, 1.807) is 36.4 Å². The lowest BCUT2D eigenvalue weighted by Gasteiger charge is -2.11. The number of primary amides is 1. The van der Waals surface area contributed by atoms with Crippen molar-refractivity contribution in [2.45, 2.75) is 13.0 Å². The fraction of sp³-hybridized carbons (Fsp3) is 0.0714. The highest BCUT2D eigenvalue weighted by atomic mass is 16.5. The maximum atomic E-state index is 12.9. The molecule has 0 fully saturated rings. The number of rotatable bonds is 6. The van der Waals surface area contributed by atoms with E-state index < -0.39 is 5.91 Å². The highest BCUT2D eigenvalue weighted by molar-refractivity contribution is 6.04. The number of anilines is 1. The molecule has 1 aliphatic rings. The molecule has 0 aliphatic heterocycles. The number of fused-ring (bicyclic) bond motifs is 3. The Morgan fingerprint density at radius 3 is 2.48 bits per heavy atom. The molecule has 0 saturated heterocycles. The summed E-state index contributed by atoms with van der Waals surface area (Å²) in [5.74, 6) is -0.319. The Morgan fingerprint density at radius 1 is 0.818 bits per heavy atom. The number of hydrogen-bond donors (Lipinski definition) is 2. The first kappa shape index (κ1) is 20.5. The van der Waals surface area contributed by atoms with Gasteiger partial charge in [-0.3, -0.25) is 9.59 Å². The van der Waals surface area contributed by atoms with Crippen LogP contribution in [0.15, 0.2) is 91.0 Å². The summed E-state index contributed by atoms with van der Waals surface area (Å²) in [5.41, 5.74) is 12.8. The van der Waals surface area contributed by atoms with Gasteiger partial charge in [-0.05, 0) is 70.6 Å². The maximum absolute atomic E-state index is 12.9. The predicted molar refractivity (Wildman–Crippen MR) is 128 cm³/mol. The molecular formula is C28H22N2O3. The Bertz CT molecular complexity index is 1380. The van der Waals surface area contributed by atoms with Gasteiger partial charge < -0.3 is 15.8 Å². The fourth-order valence-electron chi connectivity index (χ4n) is 4.19. The van der Waals surface area contributed by atoms with Gasteiger partial charge in [-0.1, -0.05) is 54.6 Å². The molecule has 33 heavy (non-hydrogen) atoms. The highest BCUT2D eigenvalue weighted by Crippen LogP contribution is 2.37. The van der Waals surface area contributed by atoms with Crippen LogP contribution in [0.4, 0.5) is 5.69 Å². The van der Waals surface area contributed by atoms with E-state index in [0.29, 0.717) is 16.9 Å². The fourth-order valence-corrected chi connectivity index (χ4v) is 4.19. The summed E-state index contributed by atoms with van der Waals surface area (Å²) in [4.78, 5) is 24.5. The van der Waals surface area contributed by atoms with Crippen LogP contribution < -0.4 is 15.8 Å². The standard InChI is InChI=1S/C28H22N2O3/c29-27(31)25-10-3-4-11-26(25)33-17-18-6-5-8-20(14-18)28(32)30-22-12-13-24-21(16-22)15-19-7-1-2-9-23(19)24/h1-14,16H,15,17H2,(H2,29,31)(H,30,32). The Balaban J connectivity index is 1.28. The molecule has 0 aromatic heterocycles. The van der Waals surface area contributed by atoms with Gasteiger partial charge in [0.1, 0.15) is 12.4 Å². The van der Waals surface area contributed by atoms with Crippen LogP contribution in [0.5, 0.6) is 5.75 Å². The van der Waals surface area contributed by atoms with Crippen LogP contribution in [0, 0.1) is 0 Å². The van der Waals surface area contributed by atoms with E-state index in [0.717, 1.165) is 17.7 Å². The normalized spacial score (nSPS) is 11.4. The van der Waals surface area contributed by atoms with Gasteiger partial charge in [0.2, 0.25) is 0 Å². The quantitative estimate of drug-likeness (QED) is 0.386. The van der Waals surface area contributed by atoms with Crippen LogP contribution in [-0.2, 0) is 13.0 Å². The summed E-state index contributed by atoms with van der Waals surface area (Å²) >= 11 is 0. The molecule has 2 amide bonds. The van der Waals surface area contributed by atoms with E-state index in [2.05, 4.69) is 29.6 Å². The molecule has 0 radical (unpaired) electrons. The number of amides is 2. The number of carbonyl (C=O) groups excluding carboxylic acids is 2. The molecule has 3 N–H and O–H groups in total. The van der Waals surface area contributed by atoms with Gasteiger partial charge in [0.25, 0.3) is 11.8 Å². The molecule has 5 rings (SSSR count). The van der Waals surface area contributed by atoms with Crippen LogP contribution >= 0.6 is 0 Å². The molecular weight excluding hydrogens is 412 g/mol. The molecule has 0 saturated carbocycles. The molecule has 162 valence electrons. The molecule has 0 unspecified atom stereocenters. The van der Waals surface area contributed by atoms with E-state index in [9.17, 15) is 9.59 Å². The SMILES string of the molecule is NC(=O)c1ccccc1OCc1cccc(C(=O)Nc2ccc3c(c2)Cc2ccccc2-3)c1. The minimum Gasteiger partial charge on any atom is -0.488 e. The molecule has 5 heteroatoms. The summed E-state index contributed by atoms with van der Waals surface area (Å²) in [5, 5.41) is 3.00. The summed E-state index contributed by atoms with van der Waals surface area (Å²) < 4.78 is 5.79. The monoisotopic (exact) mass is 434 g/mol. The molecule has 5 nitrogen and oxygen atoms in total. The van der Waals surface area contributed by atoms with Crippen molar-refractivity contribution in [1.82, 2.24) is 0 Å². The topological polar surface area (TPSA) is 81.4 Å². The van der Waals surface area contributed by atoms with Crippen LogP contribution in [0.1, 0.15) is 37.4 Å². The first-order valence-electron chi connectivity index (χ1n) is 10.7. The lowest BCUT2D eigenvalue weighted by molar-refractivity contribution is 0.0994. The van der Waals surface area contributed by atoms with Crippen molar-refractivity contribution in [2.75, 3.05) is 5.32 Å². The highest BCUT2D eigenvalue weighted by Gasteiger charge is 2.18. The molecule has 0 bridgehead atoms. The number of nitrogens with two attached hydrogens (primary N) is 1. The second-order valence-corrected chi connectivity index (χ2v) is 8.01. The van der Waals surface area contributed by atoms with E-state index in [1.807, 2.05) is 30.3 Å². The van der Waals surface area contributed by atoms with Gasteiger partial charge in [0.05, 0.1) is 5.56 Å². The Morgan fingerprint density at radius 2 is 1.61 bits per heavy atom. The van der Waals surface area contributed by atoms with Crippen molar-refractivity contribution >= 4 is 17.5 Å². The number of carbonyl (C=O) groups is 2. The Kier molecular flexibility index (Phi) is 5.37. The van der Waals surface area contributed by atoms with E-state index in [-0.39, 0.29) is 12.5 Å². The molecule has 0 spiro atoms. The summed E-state index contributed by atoms with van der Waals surface area (Å²) in [6.07, 6.45) is 0.870. The van der Waals surface area contributed by atoms with Crippen molar-refractivity contribution in [3.63, 3.8) is 0 Å². The van der Waals surface area contributed by atoms with E-state index >= 15 is 0 Å². The molecule has 1 aliphatic carbocycles. The van der Waals surface area contributed by atoms with Gasteiger partial charge in [0.15, 0.2) is 0 Å². The van der Waals surface area contributed by atoms with Gasteiger partial charge in [0, 0.05) is 11.3 Å². The number of para-hydroxylation sites is 1. The largest absolute Gasteiger partial charge is 0.488 e. The minimum absolute atomic E-state index is 0.190. The number of benzene rings is 4. The van der Waals surface area contributed by atoms with Gasteiger partial charge in [-0.2, -0.15) is 0 Å². The van der Waals surface area contributed by atoms with Crippen LogP contribution in [-0.4, -0.2) is 11.8 Å². The second kappa shape index (κ2) is 8.63. The molecule has 0 atom stereocenters. The third kappa shape index (κ3) is 4.21. The van der Waals surface area contributed by atoms with Crippen molar-refractivity contribution in [3.8, 4) is 16.9 Å². The van der Waals surface area contributed by atoms with Crippen molar-refractivity contribution in [3.05, 3.63) is 119 Å². The van der Waals surface area contributed by atoms with Gasteiger partial charge >= 0.3 is 0 Å². The predicted octanol–water partition coefficient (Wildman–Crippen LogP) is 5.19. The summed E-state index contributed by atoms with van der Waals surface area (Å²) in [7, 11) is 0. The zero-order chi connectivity index (χ0) is 22.8. The van der Waals surface area contributed by atoms with Gasteiger partial charge in [-0.25, -0.2) is 0 Å². The lowest BCUT2D eigenvalue weighted by atomic mass is 10.1. The average Bonchev–Trinajstić information content (AvgIpc) is 3.21. The summed E-state index contributed by atoms with van der Waals surface area (Å²) in [6, 6.07) is 28.5. The summed E-state index contributed by atoms with van der Waals surface area (Å²) in [6.45, 7) is 0.211. The first-order chi connectivity index (χ1) is 16.1. The maximum Gasteiger partial charge on any atom is 0.255 e. The second-order valence-electron chi connectivity index (χ2n) is 8.01. The van der Waals surface area contributed by atoms with Gasteiger partial charge in [-0.15, -0.1) is 0 Å². The third-order valence-electron chi connectivity index (χ3n) is 5.79. The Labute approximate surface area is 191 Å².